The average molecular weight is 145 g/mol. The van der Waals surface area contributed by atoms with E-state index in [0.29, 0.717) is 0 Å². The summed E-state index contributed by atoms with van der Waals surface area (Å²) < 4.78 is 4.60. The van der Waals surface area contributed by atoms with Crippen LogP contribution in [0.15, 0.2) is 0 Å². The van der Waals surface area contributed by atoms with Crippen molar-refractivity contribution in [2.24, 2.45) is 5.41 Å². The molecule has 0 unspecified atom stereocenters. The van der Waals surface area contributed by atoms with E-state index < -0.39 is 5.41 Å². The Labute approximate surface area is 61.0 Å². The molecule has 10 heavy (non-hydrogen) atoms. The first-order chi connectivity index (χ1) is 4.48. The van der Waals surface area contributed by atoms with Gasteiger partial charge in [-0.3, -0.25) is 4.79 Å². The third-order valence-corrected chi connectivity index (χ3v) is 0.929. The zero-order chi connectivity index (χ0) is 8.20. The van der Waals surface area contributed by atoms with Gasteiger partial charge in [0.15, 0.2) is 0 Å². The minimum atomic E-state index is -0.491. The zero-order valence-corrected chi connectivity index (χ0v) is 6.64. The zero-order valence-electron chi connectivity index (χ0n) is 6.64. The maximum atomic E-state index is 10.9. The van der Waals surface area contributed by atoms with E-state index in [0.717, 1.165) is 0 Å². The molecule has 0 fully saturated rings. The van der Waals surface area contributed by atoms with Crippen LogP contribution in [0.2, 0.25) is 0 Å². The van der Waals surface area contributed by atoms with Gasteiger partial charge < -0.3 is 4.74 Å². The largest absolute Gasteiger partial charge is 0.463 e. The summed E-state index contributed by atoms with van der Waals surface area (Å²) in [5.41, 5.74) is -0.491. The van der Waals surface area contributed by atoms with E-state index in [4.69, 9.17) is 0 Å². The summed E-state index contributed by atoms with van der Waals surface area (Å²) in [5, 5.41) is 9.88. The first-order valence-electron chi connectivity index (χ1n) is 3.24. The SMILES string of the molecule is CC(C)(C)C(=O)OCC[O]. The Balaban J connectivity index is 3.64. The predicted octanol–water partition coefficient (Wildman–Crippen LogP) is 1.01. The van der Waals surface area contributed by atoms with Gasteiger partial charge in [-0.15, -0.1) is 0 Å². The van der Waals surface area contributed by atoms with Crippen molar-refractivity contribution in [3.63, 3.8) is 0 Å². The van der Waals surface area contributed by atoms with E-state index in [1.54, 1.807) is 20.8 Å². The quantitative estimate of drug-likeness (QED) is 0.544. The summed E-state index contributed by atoms with van der Waals surface area (Å²) in [6.45, 7) is 4.87. The maximum absolute atomic E-state index is 10.9. The van der Waals surface area contributed by atoms with Crippen LogP contribution in [-0.2, 0) is 14.6 Å². The normalized spacial score (nSPS) is 11.2. The van der Waals surface area contributed by atoms with Crippen molar-refractivity contribution in [2.45, 2.75) is 20.8 Å². The van der Waals surface area contributed by atoms with Crippen LogP contribution in [0.3, 0.4) is 0 Å². The van der Waals surface area contributed by atoms with Crippen LogP contribution in [-0.4, -0.2) is 19.2 Å². The van der Waals surface area contributed by atoms with Crippen molar-refractivity contribution in [3.8, 4) is 0 Å². The molecule has 0 bridgehead atoms. The van der Waals surface area contributed by atoms with Crippen LogP contribution in [0.1, 0.15) is 20.8 Å². The standard InChI is InChI=1S/C7H13O3/c1-7(2,3)6(9)10-5-4-8/h4-5H2,1-3H3. The summed E-state index contributed by atoms with van der Waals surface area (Å²) in [6.07, 6.45) is 0. The molecule has 0 atom stereocenters. The van der Waals surface area contributed by atoms with Crippen molar-refractivity contribution >= 4 is 5.97 Å². The van der Waals surface area contributed by atoms with Gasteiger partial charge in [-0.1, -0.05) is 0 Å². The third-order valence-electron chi connectivity index (χ3n) is 0.929. The molecule has 0 rings (SSSR count). The van der Waals surface area contributed by atoms with Crippen LogP contribution in [0.5, 0.6) is 0 Å². The van der Waals surface area contributed by atoms with Crippen molar-refractivity contribution in [1.82, 2.24) is 0 Å². The molecular formula is C7H13O3. The molecule has 0 amide bonds. The Hall–Kier alpha value is -0.570. The van der Waals surface area contributed by atoms with Crippen LogP contribution >= 0.6 is 0 Å². The molecule has 3 heteroatoms. The molecule has 0 aliphatic heterocycles. The highest BCUT2D eigenvalue weighted by Crippen LogP contribution is 2.14. The molecule has 0 saturated carbocycles. The number of esters is 1. The molecule has 3 nitrogen and oxygen atoms in total. The van der Waals surface area contributed by atoms with E-state index >= 15 is 0 Å². The van der Waals surface area contributed by atoms with Gasteiger partial charge >= 0.3 is 5.97 Å². The molecule has 59 valence electrons. The van der Waals surface area contributed by atoms with Gasteiger partial charge in [-0.05, 0) is 20.8 Å². The van der Waals surface area contributed by atoms with E-state index in [9.17, 15) is 9.90 Å². The highest BCUT2D eigenvalue weighted by molar-refractivity contribution is 5.75. The van der Waals surface area contributed by atoms with E-state index in [1.165, 1.54) is 0 Å². The fourth-order valence-electron chi connectivity index (χ4n) is 0.351. The minimum absolute atomic E-state index is 0.0178. The van der Waals surface area contributed by atoms with Crippen LogP contribution in [0.25, 0.3) is 0 Å². The highest BCUT2D eigenvalue weighted by atomic mass is 16.5. The molecule has 0 N–H and O–H groups in total. The average Bonchev–Trinajstić information content (AvgIpc) is 1.80. The lowest BCUT2D eigenvalue weighted by Gasteiger charge is -2.15. The molecule has 1 radical (unpaired) electrons. The first-order valence-corrected chi connectivity index (χ1v) is 3.24. The van der Waals surface area contributed by atoms with Gasteiger partial charge in [-0.2, -0.15) is 0 Å². The van der Waals surface area contributed by atoms with Crippen LogP contribution < -0.4 is 0 Å². The Morgan fingerprint density at radius 2 is 1.90 bits per heavy atom. The van der Waals surface area contributed by atoms with Gasteiger partial charge in [0.05, 0.1) is 5.41 Å². The number of ether oxygens (including phenoxy) is 1. The number of carbonyl (C=O) groups is 1. The van der Waals surface area contributed by atoms with Gasteiger partial charge in [0.25, 0.3) is 0 Å². The fraction of sp³-hybridized carbons (Fsp3) is 0.857. The molecule has 0 saturated heterocycles. The van der Waals surface area contributed by atoms with Crippen LogP contribution in [0.4, 0.5) is 0 Å². The Kier molecular flexibility index (Phi) is 3.36. The van der Waals surface area contributed by atoms with Crippen molar-refractivity contribution < 1.29 is 14.6 Å². The summed E-state index contributed by atoms with van der Waals surface area (Å²) in [6, 6.07) is 0. The summed E-state index contributed by atoms with van der Waals surface area (Å²) in [4.78, 5) is 10.9. The van der Waals surface area contributed by atoms with Gasteiger partial charge in [0.1, 0.15) is 13.2 Å². The van der Waals surface area contributed by atoms with E-state index in [1.807, 2.05) is 0 Å². The lowest BCUT2D eigenvalue weighted by molar-refractivity contribution is -0.154. The smallest absolute Gasteiger partial charge is 0.311 e. The lowest BCUT2D eigenvalue weighted by Crippen LogP contribution is -2.23. The Morgan fingerprint density at radius 3 is 2.20 bits per heavy atom. The van der Waals surface area contributed by atoms with Crippen LogP contribution in [0, 0.1) is 5.41 Å². The molecular weight excluding hydrogens is 132 g/mol. The predicted molar refractivity (Wildman–Crippen MR) is 36.0 cm³/mol. The first kappa shape index (κ1) is 9.43. The van der Waals surface area contributed by atoms with E-state index in [-0.39, 0.29) is 19.2 Å². The molecule has 0 aliphatic carbocycles. The van der Waals surface area contributed by atoms with Crippen molar-refractivity contribution in [1.29, 1.82) is 0 Å². The third kappa shape index (κ3) is 3.45. The second kappa shape index (κ2) is 3.56. The van der Waals surface area contributed by atoms with Gasteiger partial charge in [0.2, 0.25) is 0 Å². The Bertz CT molecular complexity index is 113. The maximum Gasteiger partial charge on any atom is 0.311 e. The van der Waals surface area contributed by atoms with E-state index in [2.05, 4.69) is 4.74 Å². The number of rotatable bonds is 2. The minimum Gasteiger partial charge on any atom is -0.463 e. The van der Waals surface area contributed by atoms with Gasteiger partial charge in [0, 0.05) is 0 Å². The molecule has 0 heterocycles. The molecule has 0 aromatic carbocycles. The molecule has 0 spiro atoms. The summed E-state index contributed by atoms with van der Waals surface area (Å²) in [5.74, 6) is -0.316. The summed E-state index contributed by atoms with van der Waals surface area (Å²) >= 11 is 0. The second-order valence-electron chi connectivity index (χ2n) is 3.09. The van der Waals surface area contributed by atoms with Crippen molar-refractivity contribution in [3.05, 3.63) is 0 Å². The number of carbonyl (C=O) groups excluding carboxylic acids is 1. The summed E-state index contributed by atoms with van der Waals surface area (Å²) in [7, 11) is 0. The fourth-order valence-corrected chi connectivity index (χ4v) is 0.351. The second-order valence-corrected chi connectivity index (χ2v) is 3.09. The Morgan fingerprint density at radius 1 is 1.40 bits per heavy atom. The monoisotopic (exact) mass is 145 g/mol. The van der Waals surface area contributed by atoms with Gasteiger partial charge in [-0.25, -0.2) is 5.11 Å². The molecule has 0 aliphatic rings. The highest BCUT2D eigenvalue weighted by Gasteiger charge is 2.22. The number of hydrogen-bond acceptors (Lipinski definition) is 2. The lowest BCUT2D eigenvalue weighted by atomic mass is 9.97. The number of hydrogen-bond donors (Lipinski definition) is 0. The van der Waals surface area contributed by atoms with Crippen molar-refractivity contribution in [2.75, 3.05) is 13.2 Å². The molecule has 0 aromatic heterocycles. The molecule has 0 aromatic rings. The topological polar surface area (TPSA) is 46.2 Å².